The number of carbonyl (C=O) groups excluding carboxylic acids is 3. The highest BCUT2D eigenvalue weighted by Gasteiger charge is 2.76. The van der Waals surface area contributed by atoms with Crippen molar-refractivity contribution >= 4 is 33.7 Å². The van der Waals surface area contributed by atoms with Gasteiger partial charge in [0, 0.05) is 17.9 Å². The summed E-state index contributed by atoms with van der Waals surface area (Å²) < 4.78 is 6.38. The molecule has 3 saturated heterocycles. The van der Waals surface area contributed by atoms with E-state index in [4.69, 9.17) is 4.74 Å². The third-order valence-electron chi connectivity index (χ3n) is 6.73. The summed E-state index contributed by atoms with van der Waals surface area (Å²) in [5.41, 5.74) is -1.05. The van der Waals surface area contributed by atoms with Crippen LogP contribution in [0.1, 0.15) is 52.9 Å². The molecule has 2 bridgehead atoms. The minimum absolute atomic E-state index is 0.112. The number of aliphatic hydroxyl groups excluding tert-OH is 1. The number of ether oxygens (including phenoxy) is 1. The lowest BCUT2D eigenvalue weighted by molar-refractivity contribution is -0.145. The first-order chi connectivity index (χ1) is 14.4. The van der Waals surface area contributed by atoms with Gasteiger partial charge >= 0.3 is 0 Å². The molecule has 30 heavy (non-hydrogen) atoms. The number of nitrogens with one attached hydrogen (secondary N) is 2. The number of hydrogen-bond acceptors (Lipinski definition) is 5. The van der Waals surface area contributed by atoms with Gasteiger partial charge in [0.1, 0.15) is 11.6 Å². The predicted molar refractivity (Wildman–Crippen MR) is 115 cm³/mol. The number of fused-ring (bicyclic) bond motifs is 1. The van der Waals surface area contributed by atoms with Crippen LogP contribution in [0.2, 0.25) is 0 Å². The number of halogens is 1. The molecule has 7 atom stereocenters. The normalized spacial score (nSPS) is 35.4. The van der Waals surface area contributed by atoms with E-state index in [0.29, 0.717) is 25.9 Å². The van der Waals surface area contributed by atoms with Crippen molar-refractivity contribution in [1.29, 1.82) is 0 Å². The molecule has 3 N–H and O–H groups in total. The molecule has 9 heteroatoms. The molecule has 3 fully saturated rings. The lowest BCUT2D eigenvalue weighted by atomic mass is 9.70. The summed E-state index contributed by atoms with van der Waals surface area (Å²) in [6.07, 6.45) is 3.12. The lowest BCUT2D eigenvalue weighted by Crippen LogP contribution is -2.58. The molecule has 1 spiro atoms. The van der Waals surface area contributed by atoms with E-state index >= 15 is 0 Å². The molecule has 3 rings (SSSR count). The van der Waals surface area contributed by atoms with Crippen molar-refractivity contribution in [2.45, 2.75) is 81.5 Å². The Morgan fingerprint density at radius 1 is 1.23 bits per heavy atom. The monoisotopic (exact) mass is 487 g/mol. The summed E-state index contributed by atoms with van der Waals surface area (Å²) in [6, 6.07) is -1.34. The molecular weight excluding hydrogens is 454 g/mol. The molecule has 0 aliphatic carbocycles. The van der Waals surface area contributed by atoms with Crippen molar-refractivity contribution in [3.8, 4) is 0 Å². The Kier molecular flexibility index (Phi) is 7.45. The molecular formula is C21H34BrN3O5. The first-order valence-electron chi connectivity index (χ1n) is 11.2. The molecule has 0 radical (unpaired) electrons. The summed E-state index contributed by atoms with van der Waals surface area (Å²) in [5.74, 6) is -2.08. The molecule has 3 heterocycles. The molecule has 3 aliphatic heterocycles. The zero-order chi connectivity index (χ0) is 22.1. The third kappa shape index (κ3) is 3.66. The summed E-state index contributed by atoms with van der Waals surface area (Å²) in [6.45, 7) is 6.70. The minimum atomic E-state index is -1.05. The van der Waals surface area contributed by atoms with Gasteiger partial charge < -0.3 is 25.4 Å². The maximum atomic E-state index is 13.6. The van der Waals surface area contributed by atoms with Gasteiger partial charge in [-0.15, -0.1) is 0 Å². The standard InChI is InChI=1S/C21H34BrN3O5/c1-4-7-9-24-19(28)17-21-10-13(22)16(30-21)14(18(27)23-8-5-2)15(21)20(29)25(17)12(6-3)11-26/h12-17,26H,4-11H2,1-3H3,(H,23,27)(H,24,28)/t12-,13?,14+,15-,16+,17?,21?/m0/s1. The minimum Gasteiger partial charge on any atom is -0.394 e. The zero-order valence-electron chi connectivity index (χ0n) is 18.0. The van der Waals surface area contributed by atoms with Gasteiger partial charge in [-0.05, 0) is 25.7 Å². The average molecular weight is 488 g/mol. The molecule has 0 saturated carbocycles. The van der Waals surface area contributed by atoms with Crippen LogP contribution in [0.15, 0.2) is 0 Å². The van der Waals surface area contributed by atoms with E-state index in [1.54, 1.807) is 0 Å². The number of hydrogen-bond donors (Lipinski definition) is 3. The average Bonchev–Trinajstić information content (AvgIpc) is 3.31. The second-order valence-corrected chi connectivity index (χ2v) is 9.77. The second kappa shape index (κ2) is 9.53. The van der Waals surface area contributed by atoms with Crippen LogP contribution in [-0.2, 0) is 19.1 Å². The molecule has 3 amide bonds. The van der Waals surface area contributed by atoms with Crippen LogP contribution in [-0.4, -0.2) is 76.0 Å². The van der Waals surface area contributed by atoms with Crippen LogP contribution in [0.3, 0.4) is 0 Å². The fraction of sp³-hybridized carbons (Fsp3) is 0.857. The number of unbranched alkanes of at least 4 members (excludes halogenated alkanes) is 1. The summed E-state index contributed by atoms with van der Waals surface area (Å²) in [7, 11) is 0. The topological polar surface area (TPSA) is 108 Å². The van der Waals surface area contributed by atoms with E-state index in [-0.39, 0.29) is 29.2 Å². The number of alkyl halides is 1. The fourth-order valence-corrected chi connectivity index (χ4v) is 6.27. The Balaban J connectivity index is 1.99. The lowest BCUT2D eigenvalue weighted by Gasteiger charge is -2.36. The first-order valence-corrected chi connectivity index (χ1v) is 12.1. The molecule has 8 nitrogen and oxygen atoms in total. The number of nitrogens with zero attached hydrogens (tertiary/aromatic N) is 1. The van der Waals surface area contributed by atoms with Crippen LogP contribution in [0.4, 0.5) is 0 Å². The van der Waals surface area contributed by atoms with Gasteiger partial charge in [0.2, 0.25) is 17.7 Å². The summed E-state index contributed by atoms with van der Waals surface area (Å²) in [5, 5.41) is 15.8. The van der Waals surface area contributed by atoms with Gasteiger partial charge in [-0.3, -0.25) is 14.4 Å². The van der Waals surface area contributed by atoms with E-state index in [1.165, 1.54) is 4.90 Å². The van der Waals surface area contributed by atoms with Gasteiger partial charge in [-0.1, -0.05) is 43.1 Å². The largest absolute Gasteiger partial charge is 0.394 e. The Morgan fingerprint density at radius 3 is 2.53 bits per heavy atom. The highest BCUT2D eigenvalue weighted by Crippen LogP contribution is 2.60. The predicted octanol–water partition coefficient (Wildman–Crippen LogP) is 0.948. The number of amides is 3. The first kappa shape index (κ1) is 23.5. The van der Waals surface area contributed by atoms with Gasteiger partial charge in [0.15, 0.2) is 0 Å². The van der Waals surface area contributed by atoms with Crippen LogP contribution < -0.4 is 10.6 Å². The van der Waals surface area contributed by atoms with Crippen molar-refractivity contribution in [1.82, 2.24) is 15.5 Å². The van der Waals surface area contributed by atoms with Gasteiger partial charge in [-0.2, -0.15) is 0 Å². The van der Waals surface area contributed by atoms with Crippen LogP contribution >= 0.6 is 15.9 Å². The zero-order valence-corrected chi connectivity index (χ0v) is 19.6. The van der Waals surface area contributed by atoms with Crippen molar-refractivity contribution in [3.05, 3.63) is 0 Å². The van der Waals surface area contributed by atoms with Crippen molar-refractivity contribution in [3.63, 3.8) is 0 Å². The van der Waals surface area contributed by atoms with E-state index in [0.717, 1.165) is 19.3 Å². The molecule has 0 aromatic carbocycles. The van der Waals surface area contributed by atoms with E-state index in [2.05, 4.69) is 26.6 Å². The number of carbonyl (C=O) groups is 3. The third-order valence-corrected chi connectivity index (χ3v) is 7.58. The molecule has 0 aromatic heterocycles. The van der Waals surface area contributed by atoms with Crippen LogP contribution in [0.25, 0.3) is 0 Å². The maximum absolute atomic E-state index is 13.6. The maximum Gasteiger partial charge on any atom is 0.245 e. The van der Waals surface area contributed by atoms with Crippen molar-refractivity contribution in [2.75, 3.05) is 19.7 Å². The van der Waals surface area contributed by atoms with E-state index < -0.39 is 35.6 Å². The quantitative estimate of drug-likeness (QED) is 0.314. The smallest absolute Gasteiger partial charge is 0.245 e. The van der Waals surface area contributed by atoms with Gasteiger partial charge in [0.25, 0.3) is 0 Å². The highest BCUT2D eigenvalue weighted by atomic mass is 79.9. The van der Waals surface area contributed by atoms with Crippen molar-refractivity contribution < 1.29 is 24.2 Å². The molecule has 3 aliphatic rings. The fourth-order valence-electron chi connectivity index (χ4n) is 5.32. The van der Waals surface area contributed by atoms with Crippen LogP contribution in [0.5, 0.6) is 0 Å². The molecule has 3 unspecified atom stereocenters. The molecule has 170 valence electrons. The van der Waals surface area contributed by atoms with E-state index in [9.17, 15) is 19.5 Å². The summed E-state index contributed by atoms with van der Waals surface area (Å²) >= 11 is 3.64. The Hall–Kier alpha value is -1.19. The van der Waals surface area contributed by atoms with Gasteiger partial charge in [-0.25, -0.2) is 0 Å². The SMILES string of the molecule is CCCCNC(=O)C1N([C@@H](CC)CO)C(=O)[C@@H]2[C@@H](C(=O)NCCC)[C@@H]3OC12CC3Br. The molecule has 0 aromatic rings. The number of rotatable bonds is 10. The highest BCUT2D eigenvalue weighted by molar-refractivity contribution is 9.09. The number of aliphatic hydroxyl groups is 1. The summed E-state index contributed by atoms with van der Waals surface area (Å²) in [4.78, 5) is 41.3. The second-order valence-electron chi connectivity index (χ2n) is 8.59. The Morgan fingerprint density at radius 2 is 1.93 bits per heavy atom. The van der Waals surface area contributed by atoms with Gasteiger partial charge in [0.05, 0.1) is 30.6 Å². The van der Waals surface area contributed by atoms with Crippen molar-refractivity contribution in [2.24, 2.45) is 11.8 Å². The Labute approximate surface area is 186 Å². The van der Waals surface area contributed by atoms with Crippen LogP contribution in [0, 0.1) is 11.8 Å². The number of likely N-dealkylation sites (tertiary alicyclic amines) is 1. The van der Waals surface area contributed by atoms with E-state index in [1.807, 2.05) is 20.8 Å². The Bertz CT molecular complexity index is 673.